The summed E-state index contributed by atoms with van der Waals surface area (Å²) in [6, 6.07) is 13.4. The molecule has 2 rings (SSSR count). The SMILES string of the molecule is Cc1cccc(Oc2ccc(Br)cc2)n1. The van der Waals surface area contributed by atoms with E-state index in [9.17, 15) is 0 Å². The smallest absolute Gasteiger partial charge is 0.219 e. The van der Waals surface area contributed by atoms with Crippen LogP contribution in [0, 0.1) is 6.92 Å². The van der Waals surface area contributed by atoms with Crippen LogP contribution < -0.4 is 4.74 Å². The molecule has 0 unspecified atom stereocenters. The van der Waals surface area contributed by atoms with E-state index in [2.05, 4.69) is 20.9 Å². The molecule has 76 valence electrons. The number of pyridine rings is 1. The summed E-state index contributed by atoms with van der Waals surface area (Å²) in [6.45, 7) is 1.94. The first-order valence-corrected chi connectivity index (χ1v) is 5.40. The van der Waals surface area contributed by atoms with Crippen molar-refractivity contribution in [3.05, 3.63) is 52.6 Å². The van der Waals surface area contributed by atoms with Gasteiger partial charge in [0.25, 0.3) is 0 Å². The Morgan fingerprint density at radius 3 is 2.47 bits per heavy atom. The van der Waals surface area contributed by atoms with Gasteiger partial charge in [0.15, 0.2) is 0 Å². The summed E-state index contributed by atoms with van der Waals surface area (Å²) in [4.78, 5) is 4.26. The van der Waals surface area contributed by atoms with Crippen LogP contribution in [0.5, 0.6) is 11.6 Å². The van der Waals surface area contributed by atoms with E-state index in [0.717, 1.165) is 15.9 Å². The van der Waals surface area contributed by atoms with Gasteiger partial charge < -0.3 is 4.74 Å². The molecule has 0 amide bonds. The van der Waals surface area contributed by atoms with Crippen LogP contribution in [0.2, 0.25) is 0 Å². The number of hydrogen-bond acceptors (Lipinski definition) is 2. The number of hydrogen-bond donors (Lipinski definition) is 0. The van der Waals surface area contributed by atoms with Gasteiger partial charge in [-0.1, -0.05) is 22.0 Å². The monoisotopic (exact) mass is 263 g/mol. The van der Waals surface area contributed by atoms with Crippen molar-refractivity contribution in [2.45, 2.75) is 6.92 Å². The van der Waals surface area contributed by atoms with Crippen molar-refractivity contribution in [1.29, 1.82) is 0 Å². The molecule has 0 saturated carbocycles. The van der Waals surface area contributed by atoms with Gasteiger partial charge in [0.1, 0.15) is 5.75 Å². The van der Waals surface area contributed by atoms with E-state index in [1.165, 1.54) is 0 Å². The molecule has 0 aliphatic carbocycles. The third-order valence-electron chi connectivity index (χ3n) is 1.90. The van der Waals surface area contributed by atoms with Crippen molar-refractivity contribution in [2.24, 2.45) is 0 Å². The molecular formula is C12H10BrNO. The molecule has 2 aromatic rings. The average Bonchev–Trinajstić information content (AvgIpc) is 2.22. The zero-order valence-electron chi connectivity index (χ0n) is 8.27. The normalized spacial score (nSPS) is 10.0. The molecule has 0 aliphatic heterocycles. The fourth-order valence-electron chi connectivity index (χ4n) is 1.20. The van der Waals surface area contributed by atoms with Crippen LogP contribution in [0.4, 0.5) is 0 Å². The maximum atomic E-state index is 5.58. The zero-order valence-corrected chi connectivity index (χ0v) is 9.86. The second kappa shape index (κ2) is 4.45. The van der Waals surface area contributed by atoms with E-state index in [1.807, 2.05) is 49.4 Å². The van der Waals surface area contributed by atoms with Crippen LogP contribution in [0.3, 0.4) is 0 Å². The Morgan fingerprint density at radius 1 is 1.07 bits per heavy atom. The van der Waals surface area contributed by atoms with E-state index in [4.69, 9.17) is 4.74 Å². The molecule has 0 spiro atoms. The number of aryl methyl sites for hydroxylation is 1. The Labute approximate surface area is 97.1 Å². The Kier molecular flexibility index (Phi) is 3.02. The molecule has 0 aliphatic rings. The highest BCUT2D eigenvalue weighted by Gasteiger charge is 1.98. The Hall–Kier alpha value is -1.35. The minimum absolute atomic E-state index is 0.623. The van der Waals surface area contributed by atoms with Gasteiger partial charge in [-0.05, 0) is 37.3 Å². The highest BCUT2D eigenvalue weighted by molar-refractivity contribution is 9.10. The van der Waals surface area contributed by atoms with Crippen molar-refractivity contribution >= 4 is 15.9 Å². The molecule has 1 aromatic carbocycles. The number of halogens is 1. The van der Waals surface area contributed by atoms with E-state index in [-0.39, 0.29) is 0 Å². The topological polar surface area (TPSA) is 22.1 Å². The van der Waals surface area contributed by atoms with Gasteiger partial charge in [-0.15, -0.1) is 0 Å². The third-order valence-corrected chi connectivity index (χ3v) is 2.43. The third kappa shape index (κ3) is 2.80. The van der Waals surface area contributed by atoms with Crippen LogP contribution in [-0.4, -0.2) is 4.98 Å². The first kappa shape index (κ1) is 10.2. The van der Waals surface area contributed by atoms with Crippen LogP contribution in [0.15, 0.2) is 46.9 Å². The maximum absolute atomic E-state index is 5.58. The molecule has 1 heterocycles. The second-order valence-electron chi connectivity index (χ2n) is 3.17. The molecule has 0 radical (unpaired) electrons. The van der Waals surface area contributed by atoms with E-state index >= 15 is 0 Å². The maximum Gasteiger partial charge on any atom is 0.219 e. The van der Waals surface area contributed by atoms with E-state index in [0.29, 0.717) is 5.88 Å². The minimum atomic E-state index is 0.623. The summed E-state index contributed by atoms with van der Waals surface area (Å²) >= 11 is 3.37. The second-order valence-corrected chi connectivity index (χ2v) is 4.09. The first-order valence-electron chi connectivity index (χ1n) is 4.61. The van der Waals surface area contributed by atoms with Crippen LogP contribution in [0.1, 0.15) is 5.69 Å². The van der Waals surface area contributed by atoms with Gasteiger partial charge in [0.05, 0.1) is 0 Å². The predicted molar refractivity (Wildman–Crippen MR) is 63.2 cm³/mol. The average molecular weight is 264 g/mol. The number of benzene rings is 1. The van der Waals surface area contributed by atoms with Gasteiger partial charge in [-0.25, -0.2) is 4.98 Å². The summed E-state index contributed by atoms with van der Waals surface area (Å²) in [7, 11) is 0. The first-order chi connectivity index (χ1) is 7.24. The largest absolute Gasteiger partial charge is 0.439 e. The lowest BCUT2D eigenvalue weighted by Gasteiger charge is -2.04. The lowest BCUT2D eigenvalue weighted by molar-refractivity contribution is 0.461. The molecular weight excluding hydrogens is 254 g/mol. The highest BCUT2D eigenvalue weighted by Crippen LogP contribution is 2.21. The summed E-state index contributed by atoms with van der Waals surface area (Å²) in [6.07, 6.45) is 0. The number of ether oxygens (including phenoxy) is 1. The summed E-state index contributed by atoms with van der Waals surface area (Å²) in [5, 5.41) is 0. The number of rotatable bonds is 2. The lowest BCUT2D eigenvalue weighted by atomic mass is 10.3. The van der Waals surface area contributed by atoms with Crippen molar-refractivity contribution < 1.29 is 4.74 Å². The van der Waals surface area contributed by atoms with Gasteiger partial charge in [0, 0.05) is 16.2 Å². The molecule has 0 atom stereocenters. The molecule has 2 nitrogen and oxygen atoms in total. The van der Waals surface area contributed by atoms with Crippen molar-refractivity contribution in [3.63, 3.8) is 0 Å². The Bertz CT molecular complexity index is 453. The summed E-state index contributed by atoms with van der Waals surface area (Å²) in [5.41, 5.74) is 0.949. The van der Waals surface area contributed by atoms with Crippen molar-refractivity contribution in [3.8, 4) is 11.6 Å². The summed E-state index contributed by atoms with van der Waals surface area (Å²) in [5.74, 6) is 1.41. The standard InChI is InChI=1S/C12H10BrNO/c1-9-3-2-4-12(14-9)15-11-7-5-10(13)6-8-11/h2-8H,1H3. The van der Waals surface area contributed by atoms with Crippen molar-refractivity contribution in [1.82, 2.24) is 4.98 Å². The van der Waals surface area contributed by atoms with Gasteiger partial charge >= 0.3 is 0 Å². The molecule has 3 heteroatoms. The molecule has 0 fully saturated rings. The molecule has 1 aromatic heterocycles. The van der Waals surface area contributed by atoms with E-state index in [1.54, 1.807) is 0 Å². The van der Waals surface area contributed by atoms with Crippen LogP contribution in [0.25, 0.3) is 0 Å². The van der Waals surface area contributed by atoms with Gasteiger partial charge in [0.2, 0.25) is 5.88 Å². The minimum Gasteiger partial charge on any atom is -0.439 e. The highest BCUT2D eigenvalue weighted by atomic mass is 79.9. The Balaban J connectivity index is 2.18. The molecule has 0 bridgehead atoms. The molecule has 0 N–H and O–H groups in total. The fourth-order valence-corrected chi connectivity index (χ4v) is 1.46. The Morgan fingerprint density at radius 2 is 1.80 bits per heavy atom. The van der Waals surface area contributed by atoms with Gasteiger partial charge in [-0.2, -0.15) is 0 Å². The predicted octanol–water partition coefficient (Wildman–Crippen LogP) is 3.94. The summed E-state index contributed by atoms with van der Waals surface area (Å²) < 4.78 is 6.62. The van der Waals surface area contributed by atoms with E-state index < -0.39 is 0 Å². The van der Waals surface area contributed by atoms with Crippen LogP contribution in [-0.2, 0) is 0 Å². The molecule has 15 heavy (non-hydrogen) atoms. The van der Waals surface area contributed by atoms with Gasteiger partial charge in [-0.3, -0.25) is 0 Å². The van der Waals surface area contributed by atoms with Crippen molar-refractivity contribution in [2.75, 3.05) is 0 Å². The quantitative estimate of drug-likeness (QED) is 0.819. The molecule has 0 saturated heterocycles. The fraction of sp³-hybridized carbons (Fsp3) is 0.0833. The van der Waals surface area contributed by atoms with Crippen LogP contribution >= 0.6 is 15.9 Å². The number of aromatic nitrogens is 1. The number of nitrogens with zero attached hydrogens (tertiary/aromatic N) is 1. The zero-order chi connectivity index (χ0) is 10.7. The lowest BCUT2D eigenvalue weighted by Crippen LogP contribution is -1.88.